The molecule has 0 aliphatic heterocycles. The van der Waals surface area contributed by atoms with Crippen LogP contribution in [0.3, 0.4) is 0 Å². The molecular weight excluding hydrogens is 286 g/mol. The molecule has 0 fully saturated rings. The molecule has 0 aromatic heterocycles. The summed E-state index contributed by atoms with van der Waals surface area (Å²) in [5.41, 5.74) is 1.22. The molecule has 0 spiro atoms. The Labute approximate surface area is 128 Å². The number of carbonyl (C=O) groups is 1. The molecule has 2 aromatic carbocycles. The molecule has 0 N–H and O–H groups in total. The van der Waals surface area contributed by atoms with Gasteiger partial charge >= 0.3 is 6.03 Å². The van der Waals surface area contributed by atoms with Crippen LogP contribution in [0.15, 0.2) is 48.5 Å². The Bertz CT molecular complexity index is 626. The summed E-state index contributed by atoms with van der Waals surface area (Å²) in [6.07, 6.45) is 0.764. The number of benzene rings is 2. The second-order valence-corrected chi connectivity index (χ2v) is 4.95. The van der Waals surface area contributed by atoms with Crippen molar-refractivity contribution in [3.63, 3.8) is 0 Å². The Morgan fingerprint density at radius 1 is 0.909 bits per heavy atom. The number of anilines is 2. The van der Waals surface area contributed by atoms with E-state index in [0.717, 1.165) is 6.42 Å². The van der Waals surface area contributed by atoms with Crippen LogP contribution < -0.4 is 9.80 Å². The minimum absolute atomic E-state index is 0.250. The molecular formula is C17H18F2N2O. The lowest BCUT2D eigenvalue weighted by atomic mass is 10.2. The van der Waals surface area contributed by atoms with Gasteiger partial charge in [-0.15, -0.1) is 0 Å². The quantitative estimate of drug-likeness (QED) is 0.819. The smallest absolute Gasteiger partial charge is 0.297 e. The predicted octanol–water partition coefficient (Wildman–Crippen LogP) is 4.44. The van der Waals surface area contributed by atoms with E-state index in [4.69, 9.17) is 0 Å². The molecule has 0 bridgehead atoms. The first-order valence-corrected chi connectivity index (χ1v) is 7.09. The molecule has 0 aliphatic rings. The standard InChI is InChI=1S/C17H18F2N2O/c1-3-12-21(16-10-6-14(19)7-11-16)17(22)20(2)15-8-4-13(18)5-9-15/h4-11H,3,12H2,1-2H3. The summed E-state index contributed by atoms with van der Waals surface area (Å²) in [6, 6.07) is 11.2. The highest BCUT2D eigenvalue weighted by atomic mass is 19.1. The van der Waals surface area contributed by atoms with E-state index in [1.807, 2.05) is 6.92 Å². The lowest BCUT2D eigenvalue weighted by Gasteiger charge is -2.28. The summed E-state index contributed by atoms with van der Waals surface area (Å²) < 4.78 is 26.0. The predicted molar refractivity (Wildman–Crippen MR) is 84.2 cm³/mol. The summed E-state index contributed by atoms with van der Waals surface area (Å²) >= 11 is 0. The average Bonchev–Trinajstić information content (AvgIpc) is 2.53. The number of urea groups is 1. The number of amides is 2. The van der Waals surface area contributed by atoms with Gasteiger partial charge in [0.25, 0.3) is 0 Å². The molecule has 116 valence electrons. The Morgan fingerprint density at radius 2 is 1.36 bits per heavy atom. The van der Waals surface area contributed by atoms with Gasteiger partial charge in [0.15, 0.2) is 0 Å². The van der Waals surface area contributed by atoms with Crippen molar-refractivity contribution >= 4 is 17.4 Å². The van der Waals surface area contributed by atoms with E-state index in [1.165, 1.54) is 29.2 Å². The first-order valence-electron chi connectivity index (χ1n) is 7.09. The van der Waals surface area contributed by atoms with Gasteiger partial charge in [0.05, 0.1) is 0 Å². The van der Waals surface area contributed by atoms with Gasteiger partial charge in [-0.1, -0.05) is 6.92 Å². The summed E-state index contributed by atoms with van der Waals surface area (Å²) in [5, 5.41) is 0. The number of hydrogen-bond donors (Lipinski definition) is 0. The van der Waals surface area contributed by atoms with Crippen molar-refractivity contribution in [3.05, 3.63) is 60.2 Å². The molecule has 2 rings (SSSR count). The van der Waals surface area contributed by atoms with Gasteiger partial charge in [-0.25, -0.2) is 13.6 Å². The number of rotatable bonds is 4. The largest absolute Gasteiger partial charge is 0.328 e. The van der Waals surface area contributed by atoms with Gasteiger partial charge in [0.2, 0.25) is 0 Å². The second-order valence-electron chi connectivity index (χ2n) is 4.95. The van der Waals surface area contributed by atoms with Crippen LogP contribution in [0.4, 0.5) is 25.0 Å². The van der Waals surface area contributed by atoms with Crippen LogP contribution in [0.5, 0.6) is 0 Å². The van der Waals surface area contributed by atoms with Crippen LogP contribution in [0.2, 0.25) is 0 Å². The Kier molecular flexibility index (Phi) is 5.09. The summed E-state index contributed by atoms with van der Waals surface area (Å²) in [5.74, 6) is -0.701. The SMILES string of the molecule is CCCN(C(=O)N(C)c1ccc(F)cc1)c1ccc(F)cc1. The highest BCUT2D eigenvalue weighted by Crippen LogP contribution is 2.20. The third-order valence-corrected chi connectivity index (χ3v) is 3.32. The van der Waals surface area contributed by atoms with E-state index in [9.17, 15) is 13.6 Å². The van der Waals surface area contributed by atoms with Gasteiger partial charge in [0.1, 0.15) is 11.6 Å². The Hall–Kier alpha value is -2.43. The van der Waals surface area contributed by atoms with Gasteiger partial charge in [0, 0.05) is 25.0 Å². The highest BCUT2D eigenvalue weighted by Gasteiger charge is 2.20. The lowest BCUT2D eigenvalue weighted by Crippen LogP contribution is -2.42. The second kappa shape index (κ2) is 7.02. The zero-order valence-electron chi connectivity index (χ0n) is 12.6. The zero-order valence-corrected chi connectivity index (χ0v) is 12.6. The maximum atomic E-state index is 13.0. The zero-order chi connectivity index (χ0) is 16.1. The first-order chi connectivity index (χ1) is 10.5. The first kappa shape index (κ1) is 15.9. The molecule has 0 saturated carbocycles. The maximum Gasteiger partial charge on any atom is 0.328 e. The molecule has 22 heavy (non-hydrogen) atoms. The highest BCUT2D eigenvalue weighted by molar-refractivity contribution is 6.03. The van der Waals surface area contributed by atoms with Crippen molar-refractivity contribution in [2.45, 2.75) is 13.3 Å². The number of carbonyl (C=O) groups excluding carboxylic acids is 1. The molecule has 3 nitrogen and oxygen atoms in total. The van der Waals surface area contributed by atoms with Crippen LogP contribution in [0.25, 0.3) is 0 Å². The molecule has 0 radical (unpaired) electrons. The van der Waals surface area contributed by atoms with Crippen molar-refractivity contribution in [3.8, 4) is 0 Å². The number of hydrogen-bond acceptors (Lipinski definition) is 1. The maximum absolute atomic E-state index is 13.0. The lowest BCUT2D eigenvalue weighted by molar-refractivity contribution is 0.252. The molecule has 0 atom stereocenters. The van der Waals surface area contributed by atoms with E-state index in [2.05, 4.69) is 0 Å². The van der Waals surface area contributed by atoms with Crippen LogP contribution in [0, 0.1) is 11.6 Å². The average molecular weight is 304 g/mol. The molecule has 0 heterocycles. The van der Waals surface area contributed by atoms with Crippen molar-refractivity contribution in [1.29, 1.82) is 0 Å². The van der Waals surface area contributed by atoms with E-state index >= 15 is 0 Å². The number of nitrogens with zero attached hydrogens (tertiary/aromatic N) is 2. The van der Waals surface area contributed by atoms with Crippen molar-refractivity contribution in [1.82, 2.24) is 0 Å². The van der Waals surface area contributed by atoms with Crippen LogP contribution in [0.1, 0.15) is 13.3 Å². The molecule has 2 aromatic rings. The normalized spacial score (nSPS) is 10.4. The van der Waals surface area contributed by atoms with Gasteiger partial charge < -0.3 is 0 Å². The summed E-state index contributed by atoms with van der Waals surface area (Å²) in [7, 11) is 1.63. The van der Waals surface area contributed by atoms with Crippen LogP contribution in [-0.2, 0) is 0 Å². The fourth-order valence-electron chi connectivity index (χ4n) is 2.14. The third kappa shape index (κ3) is 3.61. The third-order valence-electron chi connectivity index (χ3n) is 3.32. The van der Waals surface area contributed by atoms with E-state index in [1.54, 1.807) is 36.2 Å². The Morgan fingerprint density at radius 3 is 1.82 bits per heavy atom. The van der Waals surface area contributed by atoms with Crippen molar-refractivity contribution in [2.75, 3.05) is 23.4 Å². The van der Waals surface area contributed by atoms with E-state index < -0.39 is 0 Å². The Balaban J connectivity index is 2.25. The van der Waals surface area contributed by atoms with Crippen LogP contribution >= 0.6 is 0 Å². The van der Waals surface area contributed by atoms with Crippen molar-refractivity contribution < 1.29 is 13.6 Å². The summed E-state index contributed by atoms with van der Waals surface area (Å²) in [4.78, 5) is 15.7. The van der Waals surface area contributed by atoms with Gasteiger partial charge in [-0.05, 0) is 55.0 Å². The van der Waals surface area contributed by atoms with Crippen LogP contribution in [-0.4, -0.2) is 19.6 Å². The van der Waals surface area contributed by atoms with E-state index in [0.29, 0.717) is 17.9 Å². The molecule has 0 aliphatic carbocycles. The van der Waals surface area contributed by atoms with E-state index in [-0.39, 0.29) is 17.7 Å². The molecule has 2 amide bonds. The molecule has 0 saturated heterocycles. The minimum atomic E-state index is -0.353. The fourth-order valence-corrected chi connectivity index (χ4v) is 2.14. The fraction of sp³-hybridized carbons (Fsp3) is 0.235. The summed E-state index contributed by atoms with van der Waals surface area (Å²) in [6.45, 7) is 2.47. The molecule has 0 unspecified atom stereocenters. The van der Waals surface area contributed by atoms with Gasteiger partial charge in [-0.2, -0.15) is 0 Å². The number of halogens is 2. The van der Waals surface area contributed by atoms with Crippen molar-refractivity contribution in [2.24, 2.45) is 0 Å². The monoisotopic (exact) mass is 304 g/mol. The minimum Gasteiger partial charge on any atom is -0.297 e. The molecule has 5 heteroatoms. The topological polar surface area (TPSA) is 23.6 Å². The van der Waals surface area contributed by atoms with Gasteiger partial charge in [-0.3, -0.25) is 9.80 Å².